The number of benzene rings is 2. The fraction of sp³-hybridized carbons (Fsp3) is 0.348. The molecule has 2 aromatic rings. The van der Waals surface area contributed by atoms with Crippen LogP contribution >= 0.6 is 0 Å². The van der Waals surface area contributed by atoms with E-state index in [0.717, 1.165) is 0 Å². The lowest BCUT2D eigenvalue weighted by molar-refractivity contribution is -0.196. The molecule has 1 aliphatic rings. The van der Waals surface area contributed by atoms with Crippen molar-refractivity contribution in [3.63, 3.8) is 0 Å². The van der Waals surface area contributed by atoms with Crippen LogP contribution in [0.4, 0.5) is 18.0 Å². The molecule has 1 fully saturated rings. The molecule has 0 saturated carbocycles. The highest BCUT2D eigenvalue weighted by atomic mass is 19.4. The minimum absolute atomic E-state index is 0.0688. The maximum absolute atomic E-state index is 13.0. The summed E-state index contributed by atoms with van der Waals surface area (Å²) >= 11 is 0. The van der Waals surface area contributed by atoms with Crippen LogP contribution in [0, 0.1) is 0 Å². The van der Waals surface area contributed by atoms with E-state index in [1.165, 1.54) is 45.6 Å². The normalized spacial score (nSPS) is 17.2. The Morgan fingerprint density at radius 3 is 2.08 bits per heavy atom. The first-order chi connectivity index (χ1) is 17.0. The summed E-state index contributed by atoms with van der Waals surface area (Å²) in [7, 11) is 4.28. The second-order valence-electron chi connectivity index (χ2n) is 7.73. The molecule has 0 aliphatic carbocycles. The molecule has 1 heterocycles. The fourth-order valence-corrected chi connectivity index (χ4v) is 3.77. The number of rotatable bonds is 9. The molecule has 3 N–H and O–H groups in total. The molecule has 13 heteroatoms. The van der Waals surface area contributed by atoms with Crippen LogP contribution < -0.4 is 25.3 Å². The summed E-state index contributed by atoms with van der Waals surface area (Å²) in [6.45, 7) is -1.60. The van der Waals surface area contributed by atoms with Gasteiger partial charge < -0.3 is 34.9 Å². The zero-order chi connectivity index (χ0) is 26.6. The molecule has 10 nitrogen and oxygen atoms in total. The summed E-state index contributed by atoms with van der Waals surface area (Å²) in [5.74, 6) is -0.685. The molecule has 2 atom stereocenters. The standard InChI is InChI=1S/C23H24F3N3O7/c1-33-15-8-12(9-16(34-2)18(15)35-3)10-28-22(32)36-19-17(29(21(19)31)11-23(24,25)26)13-4-6-14(7-5-13)20(27)30/h4-9,17,19H,10-11H2,1-3H3,(H2,27,30)(H,28,32)/t17-,19+/m1/s1. The van der Waals surface area contributed by atoms with Gasteiger partial charge in [0.2, 0.25) is 17.8 Å². The molecule has 0 radical (unpaired) electrons. The average molecular weight is 511 g/mol. The Labute approximate surface area is 204 Å². The van der Waals surface area contributed by atoms with Crippen LogP contribution in [0.3, 0.4) is 0 Å². The third-order valence-electron chi connectivity index (χ3n) is 5.43. The van der Waals surface area contributed by atoms with Crippen molar-refractivity contribution < 1.29 is 46.5 Å². The number of carbonyl (C=O) groups excluding carboxylic acids is 3. The first kappa shape index (κ1) is 26.4. The minimum Gasteiger partial charge on any atom is -0.493 e. The number of alkyl halides is 3. The number of alkyl carbamates (subject to hydrolysis) is 1. The first-order valence-corrected chi connectivity index (χ1v) is 10.5. The van der Waals surface area contributed by atoms with Gasteiger partial charge in [0.15, 0.2) is 11.5 Å². The van der Waals surface area contributed by atoms with Crippen molar-refractivity contribution in [1.29, 1.82) is 0 Å². The number of nitrogens with zero attached hydrogens (tertiary/aromatic N) is 1. The van der Waals surface area contributed by atoms with Crippen molar-refractivity contribution >= 4 is 17.9 Å². The quantitative estimate of drug-likeness (QED) is 0.495. The number of carbonyl (C=O) groups is 3. The van der Waals surface area contributed by atoms with Gasteiger partial charge in [0, 0.05) is 12.1 Å². The monoisotopic (exact) mass is 511 g/mol. The van der Waals surface area contributed by atoms with Crippen molar-refractivity contribution in [2.75, 3.05) is 27.9 Å². The maximum Gasteiger partial charge on any atom is 0.408 e. The second-order valence-corrected chi connectivity index (χ2v) is 7.73. The SMILES string of the molecule is COc1cc(CNC(=O)O[C@@H]2C(=O)N(CC(F)(F)F)[C@@H]2c2ccc(C(N)=O)cc2)cc(OC)c1OC. The number of nitrogens with one attached hydrogen (secondary N) is 1. The second kappa shape index (κ2) is 10.6. The largest absolute Gasteiger partial charge is 0.493 e. The van der Waals surface area contributed by atoms with E-state index in [2.05, 4.69) is 5.32 Å². The zero-order valence-corrected chi connectivity index (χ0v) is 19.5. The van der Waals surface area contributed by atoms with Crippen LogP contribution in [-0.4, -0.2) is 63.0 Å². The van der Waals surface area contributed by atoms with Crippen LogP contribution in [-0.2, 0) is 16.1 Å². The van der Waals surface area contributed by atoms with Gasteiger partial charge in [0.05, 0.1) is 21.3 Å². The maximum atomic E-state index is 13.0. The highest BCUT2D eigenvalue weighted by molar-refractivity contribution is 5.93. The van der Waals surface area contributed by atoms with Crippen LogP contribution in [0.5, 0.6) is 17.2 Å². The van der Waals surface area contributed by atoms with Crippen molar-refractivity contribution in [3.05, 3.63) is 53.1 Å². The van der Waals surface area contributed by atoms with E-state index < -0.39 is 42.8 Å². The molecule has 0 unspecified atom stereocenters. The number of likely N-dealkylation sites (tertiary alicyclic amines) is 1. The Morgan fingerprint density at radius 1 is 1.03 bits per heavy atom. The Morgan fingerprint density at radius 2 is 1.61 bits per heavy atom. The zero-order valence-electron chi connectivity index (χ0n) is 19.5. The van der Waals surface area contributed by atoms with Crippen LogP contribution in [0.2, 0.25) is 0 Å². The molecule has 1 aliphatic heterocycles. The summed E-state index contributed by atoms with van der Waals surface area (Å²) in [4.78, 5) is 36.7. The van der Waals surface area contributed by atoms with Crippen molar-refractivity contribution in [2.45, 2.75) is 24.9 Å². The van der Waals surface area contributed by atoms with Gasteiger partial charge in [-0.25, -0.2) is 4.79 Å². The number of primary amides is 1. The molecular formula is C23H24F3N3O7. The minimum atomic E-state index is -4.67. The number of halogens is 3. The summed E-state index contributed by atoms with van der Waals surface area (Å²) in [6, 6.07) is 7.30. The van der Waals surface area contributed by atoms with E-state index in [1.54, 1.807) is 12.1 Å². The lowest BCUT2D eigenvalue weighted by Crippen LogP contribution is -2.62. The number of hydrogen-bond donors (Lipinski definition) is 2. The lowest BCUT2D eigenvalue weighted by Gasteiger charge is -2.46. The number of ether oxygens (including phenoxy) is 4. The summed E-state index contributed by atoms with van der Waals surface area (Å²) in [6.07, 6.45) is -7.18. The first-order valence-electron chi connectivity index (χ1n) is 10.5. The van der Waals surface area contributed by atoms with Gasteiger partial charge in [0.1, 0.15) is 12.6 Å². The van der Waals surface area contributed by atoms with E-state index in [1.807, 2.05) is 0 Å². The number of hydrogen-bond acceptors (Lipinski definition) is 7. The molecule has 3 amide bonds. The van der Waals surface area contributed by atoms with E-state index in [9.17, 15) is 27.6 Å². The summed E-state index contributed by atoms with van der Waals surface area (Å²) in [5, 5.41) is 2.45. The molecule has 3 rings (SSSR count). The van der Waals surface area contributed by atoms with Gasteiger partial charge in [-0.3, -0.25) is 9.59 Å². The number of nitrogens with two attached hydrogens (primary N) is 1. The topological polar surface area (TPSA) is 129 Å². The summed E-state index contributed by atoms with van der Waals surface area (Å²) in [5.41, 5.74) is 6.11. The van der Waals surface area contributed by atoms with Crippen molar-refractivity contribution in [2.24, 2.45) is 5.73 Å². The molecule has 0 spiro atoms. The highest BCUT2D eigenvalue weighted by Crippen LogP contribution is 2.40. The predicted molar refractivity (Wildman–Crippen MR) is 119 cm³/mol. The van der Waals surface area contributed by atoms with Crippen LogP contribution in [0.25, 0.3) is 0 Å². The molecule has 0 bridgehead atoms. The molecule has 1 saturated heterocycles. The molecule has 36 heavy (non-hydrogen) atoms. The van der Waals surface area contributed by atoms with Gasteiger partial charge in [-0.15, -0.1) is 0 Å². The molecule has 2 aromatic carbocycles. The summed E-state index contributed by atoms with van der Waals surface area (Å²) < 4.78 is 60.0. The molecule has 0 aromatic heterocycles. The third kappa shape index (κ3) is 5.73. The Bertz CT molecular complexity index is 1110. The van der Waals surface area contributed by atoms with Crippen LogP contribution in [0.1, 0.15) is 27.5 Å². The van der Waals surface area contributed by atoms with Crippen molar-refractivity contribution in [1.82, 2.24) is 10.2 Å². The van der Waals surface area contributed by atoms with E-state index >= 15 is 0 Å². The Kier molecular flexibility index (Phi) is 7.80. The van der Waals surface area contributed by atoms with Gasteiger partial charge >= 0.3 is 12.3 Å². The van der Waals surface area contributed by atoms with E-state index in [4.69, 9.17) is 24.7 Å². The van der Waals surface area contributed by atoms with E-state index in [0.29, 0.717) is 27.7 Å². The lowest BCUT2D eigenvalue weighted by atomic mass is 9.90. The number of β-lactam (4-membered cyclic amide) rings is 1. The van der Waals surface area contributed by atoms with Crippen LogP contribution in [0.15, 0.2) is 36.4 Å². The number of amides is 3. The Hall–Kier alpha value is -4.16. The van der Waals surface area contributed by atoms with Crippen molar-refractivity contribution in [3.8, 4) is 17.2 Å². The predicted octanol–water partition coefficient (Wildman–Crippen LogP) is 2.55. The van der Waals surface area contributed by atoms with Gasteiger partial charge in [-0.1, -0.05) is 12.1 Å². The third-order valence-corrected chi connectivity index (χ3v) is 5.43. The Balaban J connectivity index is 1.74. The molecule has 194 valence electrons. The highest BCUT2D eigenvalue weighted by Gasteiger charge is 2.54. The van der Waals surface area contributed by atoms with Gasteiger partial charge in [-0.05, 0) is 35.4 Å². The van der Waals surface area contributed by atoms with E-state index in [-0.39, 0.29) is 17.7 Å². The van der Waals surface area contributed by atoms with Gasteiger partial charge in [0.25, 0.3) is 5.91 Å². The van der Waals surface area contributed by atoms with Gasteiger partial charge in [-0.2, -0.15) is 13.2 Å². The molecular weight excluding hydrogens is 487 g/mol. The number of methoxy groups -OCH3 is 3. The average Bonchev–Trinajstić information content (AvgIpc) is 2.85. The smallest absolute Gasteiger partial charge is 0.408 e. The fourth-order valence-electron chi connectivity index (χ4n) is 3.77.